The number of benzene rings is 1. The van der Waals surface area contributed by atoms with Gasteiger partial charge in [0.05, 0.1) is 11.8 Å². The van der Waals surface area contributed by atoms with Gasteiger partial charge >= 0.3 is 0 Å². The Balaban J connectivity index is 1.58. The van der Waals surface area contributed by atoms with Crippen LogP contribution in [0, 0.1) is 19.7 Å². The number of thiophene rings is 1. The number of nitrogens with one attached hydrogen (secondary N) is 1. The molecule has 1 amide bonds. The summed E-state index contributed by atoms with van der Waals surface area (Å²) < 4.78 is 14.7. The van der Waals surface area contributed by atoms with Gasteiger partial charge in [0.2, 0.25) is 5.91 Å². The zero-order valence-corrected chi connectivity index (χ0v) is 16.1. The Morgan fingerprint density at radius 3 is 2.75 bits per heavy atom. The van der Waals surface area contributed by atoms with Crippen molar-refractivity contribution in [2.75, 3.05) is 0 Å². The summed E-state index contributed by atoms with van der Waals surface area (Å²) in [6.07, 6.45) is 1.40. The lowest BCUT2D eigenvalue weighted by Gasteiger charge is -2.07. The standard InChI is InChI=1S/C20H17FN4O2S/c1-11-7-12(2)24-19-16(11)17-18(28-19)20(27)25(10-23-17)9-15(26)22-8-13-3-5-14(21)6-4-13/h3-7,10H,8-9H2,1-2H3,(H,22,26). The van der Waals surface area contributed by atoms with Crippen LogP contribution in [-0.2, 0) is 17.9 Å². The van der Waals surface area contributed by atoms with Gasteiger partial charge in [0, 0.05) is 17.6 Å². The van der Waals surface area contributed by atoms with E-state index in [1.54, 1.807) is 12.1 Å². The number of rotatable bonds is 4. The van der Waals surface area contributed by atoms with Crippen LogP contribution in [0.2, 0.25) is 0 Å². The van der Waals surface area contributed by atoms with Gasteiger partial charge in [0.15, 0.2) is 0 Å². The number of hydrogen-bond acceptors (Lipinski definition) is 5. The number of hydrogen-bond donors (Lipinski definition) is 1. The van der Waals surface area contributed by atoms with Crippen LogP contribution in [0.25, 0.3) is 20.4 Å². The molecule has 0 aliphatic heterocycles. The molecule has 6 nitrogen and oxygen atoms in total. The molecule has 0 bridgehead atoms. The predicted octanol–water partition coefficient (Wildman–Crippen LogP) is 3.08. The van der Waals surface area contributed by atoms with Crippen molar-refractivity contribution in [3.8, 4) is 0 Å². The van der Waals surface area contributed by atoms with E-state index in [0.29, 0.717) is 10.2 Å². The molecule has 0 saturated carbocycles. The number of nitrogens with zero attached hydrogens (tertiary/aromatic N) is 3. The summed E-state index contributed by atoms with van der Waals surface area (Å²) in [5, 5.41) is 3.61. The fourth-order valence-electron chi connectivity index (χ4n) is 3.13. The summed E-state index contributed by atoms with van der Waals surface area (Å²) in [4.78, 5) is 34.7. The molecule has 142 valence electrons. The first-order valence-electron chi connectivity index (χ1n) is 8.69. The molecular weight excluding hydrogens is 379 g/mol. The molecule has 3 heterocycles. The molecule has 0 unspecified atom stereocenters. The lowest BCUT2D eigenvalue weighted by molar-refractivity contribution is -0.121. The fourth-order valence-corrected chi connectivity index (χ4v) is 4.33. The van der Waals surface area contributed by atoms with E-state index in [2.05, 4.69) is 15.3 Å². The Morgan fingerprint density at radius 1 is 1.25 bits per heavy atom. The first kappa shape index (κ1) is 18.2. The van der Waals surface area contributed by atoms with Gasteiger partial charge in [-0.15, -0.1) is 11.3 Å². The Hall–Kier alpha value is -3.13. The van der Waals surface area contributed by atoms with E-state index < -0.39 is 0 Å². The molecule has 0 spiro atoms. The molecule has 28 heavy (non-hydrogen) atoms. The van der Waals surface area contributed by atoms with Crippen molar-refractivity contribution < 1.29 is 9.18 Å². The summed E-state index contributed by atoms with van der Waals surface area (Å²) in [6.45, 7) is 4.00. The third-order valence-electron chi connectivity index (χ3n) is 4.46. The molecule has 0 radical (unpaired) electrons. The Morgan fingerprint density at radius 2 is 2.00 bits per heavy atom. The van der Waals surface area contributed by atoms with Gasteiger partial charge in [0.1, 0.15) is 21.9 Å². The third-order valence-corrected chi connectivity index (χ3v) is 5.52. The number of amides is 1. The van der Waals surface area contributed by atoms with Crippen LogP contribution in [-0.4, -0.2) is 20.4 Å². The van der Waals surface area contributed by atoms with Crippen LogP contribution in [0.3, 0.4) is 0 Å². The number of aromatic nitrogens is 3. The highest BCUT2D eigenvalue weighted by Gasteiger charge is 2.15. The van der Waals surface area contributed by atoms with Crippen molar-refractivity contribution in [3.05, 3.63) is 69.7 Å². The Kier molecular flexibility index (Phi) is 4.64. The summed E-state index contributed by atoms with van der Waals surface area (Å²) in [5.74, 6) is -0.650. The SMILES string of the molecule is Cc1cc(C)c2c(n1)sc1c(=O)n(CC(=O)NCc3ccc(F)cc3)cnc12. The largest absolute Gasteiger partial charge is 0.350 e. The molecule has 1 N–H and O–H groups in total. The first-order chi connectivity index (χ1) is 13.4. The second-order valence-electron chi connectivity index (χ2n) is 6.62. The van der Waals surface area contributed by atoms with Crippen molar-refractivity contribution >= 4 is 37.7 Å². The number of halogens is 1. The molecule has 4 rings (SSSR count). The second-order valence-corrected chi connectivity index (χ2v) is 7.62. The molecule has 0 aliphatic rings. The smallest absolute Gasteiger partial charge is 0.271 e. The summed E-state index contributed by atoms with van der Waals surface area (Å²) in [5.41, 5.74) is 3.05. The highest BCUT2D eigenvalue weighted by atomic mass is 32.1. The van der Waals surface area contributed by atoms with Gasteiger partial charge in [0.25, 0.3) is 5.56 Å². The summed E-state index contributed by atoms with van der Waals surface area (Å²) in [6, 6.07) is 7.84. The maximum atomic E-state index is 12.9. The summed E-state index contributed by atoms with van der Waals surface area (Å²) in [7, 11) is 0. The molecule has 4 aromatic rings. The van der Waals surface area contributed by atoms with E-state index >= 15 is 0 Å². The lowest BCUT2D eigenvalue weighted by atomic mass is 10.1. The van der Waals surface area contributed by atoms with Crippen molar-refractivity contribution in [2.24, 2.45) is 0 Å². The topological polar surface area (TPSA) is 76.9 Å². The fraction of sp³-hybridized carbons (Fsp3) is 0.200. The Bertz CT molecular complexity index is 1260. The normalized spacial score (nSPS) is 11.2. The molecule has 0 atom stereocenters. The highest BCUT2D eigenvalue weighted by molar-refractivity contribution is 7.25. The summed E-state index contributed by atoms with van der Waals surface area (Å²) >= 11 is 1.30. The Labute approximate surface area is 163 Å². The maximum absolute atomic E-state index is 12.9. The van der Waals surface area contributed by atoms with E-state index in [-0.39, 0.29) is 30.4 Å². The highest BCUT2D eigenvalue weighted by Crippen LogP contribution is 2.31. The van der Waals surface area contributed by atoms with Crippen molar-refractivity contribution in [1.29, 1.82) is 0 Å². The molecule has 0 aliphatic carbocycles. The van der Waals surface area contributed by atoms with Crippen LogP contribution in [0.15, 0.2) is 41.5 Å². The van der Waals surface area contributed by atoms with Gasteiger partial charge in [-0.25, -0.2) is 14.4 Å². The average Bonchev–Trinajstić information content (AvgIpc) is 3.03. The monoisotopic (exact) mass is 396 g/mol. The molecular formula is C20H17FN4O2S. The quantitative estimate of drug-likeness (QED) is 0.575. The van der Waals surface area contributed by atoms with E-state index in [1.807, 2.05) is 19.9 Å². The van der Waals surface area contributed by atoms with E-state index in [1.165, 1.54) is 34.4 Å². The number of carbonyl (C=O) groups excluding carboxylic acids is 1. The molecule has 0 saturated heterocycles. The van der Waals surface area contributed by atoms with Gasteiger partial charge < -0.3 is 5.32 Å². The number of pyridine rings is 1. The van der Waals surface area contributed by atoms with Crippen molar-refractivity contribution in [1.82, 2.24) is 19.9 Å². The second kappa shape index (κ2) is 7.12. The molecule has 8 heteroatoms. The third kappa shape index (κ3) is 3.38. The van der Waals surface area contributed by atoms with Crippen LogP contribution in [0.4, 0.5) is 4.39 Å². The van der Waals surface area contributed by atoms with E-state index in [9.17, 15) is 14.0 Å². The van der Waals surface area contributed by atoms with Crippen LogP contribution in [0.1, 0.15) is 16.8 Å². The van der Waals surface area contributed by atoms with E-state index in [0.717, 1.165) is 27.0 Å². The molecule has 0 fully saturated rings. The lowest BCUT2D eigenvalue weighted by Crippen LogP contribution is -2.31. The zero-order valence-electron chi connectivity index (χ0n) is 15.3. The minimum atomic E-state index is -0.329. The number of aryl methyl sites for hydroxylation is 2. The van der Waals surface area contributed by atoms with Gasteiger partial charge in [-0.3, -0.25) is 14.2 Å². The molecule has 3 aromatic heterocycles. The maximum Gasteiger partial charge on any atom is 0.271 e. The number of carbonyl (C=O) groups is 1. The van der Waals surface area contributed by atoms with Gasteiger partial charge in [-0.2, -0.15) is 0 Å². The zero-order chi connectivity index (χ0) is 19.8. The van der Waals surface area contributed by atoms with Crippen LogP contribution < -0.4 is 10.9 Å². The minimum Gasteiger partial charge on any atom is -0.350 e. The predicted molar refractivity (Wildman–Crippen MR) is 107 cm³/mol. The van der Waals surface area contributed by atoms with E-state index in [4.69, 9.17) is 0 Å². The van der Waals surface area contributed by atoms with Crippen LogP contribution >= 0.6 is 11.3 Å². The van der Waals surface area contributed by atoms with Gasteiger partial charge in [-0.1, -0.05) is 12.1 Å². The van der Waals surface area contributed by atoms with Crippen molar-refractivity contribution in [2.45, 2.75) is 26.9 Å². The van der Waals surface area contributed by atoms with Crippen LogP contribution in [0.5, 0.6) is 0 Å². The minimum absolute atomic E-state index is 0.136. The number of fused-ring (bicyclic) bond motifs is 3. The molecule has 1 aromatic carbocycles. The first-order valence-corrected chi connectivity index (χ1v) is 9.51. The van der Waals surface area contributed by atoms with Gasteiger partial charge in [-0.05, 0) is 43.2 Å². The average molecular weight is 396 g/mol. The van der Waals surface area contributed by atoms with Crippen molar-refractivity contribution in [3.63, 3.8) is 0 Å².